The Morgan fingerprint density at radius 1 is 0.935 bits per heavy atom. The molecule has 0 saturated carbocycles. The molecule has 2 saturated heterocycles. The third kappa shape index (κ3) is 3.88. The van der Waals surface area contributed by atoms with Crippen molar-refractivity contribution in [2.45, 2.75) is 6.42 Å². The van der Waals surface area contributed by atoms with Crippen molar-refractivity contribution >= 4 is 23.3 Å². The summed E-state index contributed by atoms with van der Waals surface area (Å²) < 4.78 is 5.35. The van der Waals surface area contributed by atoms with Crippen LogP contribution in [0.5, 0.6) is 0 Å². The molecule has 2 aliphatic heterocycles. The number of hydrogen-bond donors (Lipinski definition) is 0. The number of benzene rings is 1. The molecule has 0 bridgehead atoms. The van der Waals surface area contributed by atoms with E-state index in [9.17, 15) is 9.59 Å². The molecule has 0 N–H and O–H groups in total. The highest BCUT2D eigenvalue weighted by atomic mass is 16.3. The van der Waals surface area contributed by atoms with Crippen LogP contribution in [0.15, 0.2) is 65.3 Å². The van der Waals surface area contributed by atoms with Crippen LogP contribution in [0.3, 0.4) is 0 Å². The van der Waals surface area contributed by atoms with Gasteiger partial charge in [-0.3, -0.25) is 9.59 Å². The molecule has 3 aromatic rings. The van der Waals surface area contributed by atoms with Crippen LogP contribution in [0.4, 0.5) is 11.5 Å². The van der Waals surface area contributed by atoms with E-state index in [1.165, 1.54) is 0 Å². The Hall–Kier alpha value is -3.68. The molecule has 2 aromatic heterocycles. The Labute approximate surface area is 180 Å². The number of anilines is 2. The topological polar surface area (TPSA) is 82.8 Å². The second-order valence-electron chi connectivity index (χ2n) is 7.81. The lowest BCUT2D eigenvalue weighted by Crippen LogP contribution is -2.51. The first-order chi connectivity index (χ1) is 15.2. The maximum Gasteiger partial charge on any atom is 0.228 e. The van der Waals surface area contributed by atoms with Gasteiger partial charge in [0.15, 0.2) is 11.6 Å². The molecule has 8 heteroatoms. The molecule has 1 atom stereocenters. The van der Waals surface area contributed by atoms with Crippen LogP contribution < -0.4 is 9.80 Å². The lowest BCUT2D eigenvalue weighted by Gasteiger charge is -2.36. The molecule has 1 aromatic carbocycles. The highest BCUT2D eigenvalue weighted by Gasteiger charge is 2.38. The zero-order valence-electron chi connectivity index (χ0n) is 17.1. The van der Waals surface area contributed by atoms with Gasteiger partial charge in [0.1, 0.15) is 5.69 Å². The first-order valence-electron chi connectivity index (χ1n) is 10.5. The molecule has 158 valence electrons. The minimum absolute atomic E-state index is 0.00936. The Morgan fingerprint density at radius 3 is 2.42 bits per heavy atom. The Bertz CT molecular complexity index is 1040. The van der Waals surface area contributed by atoms with Gasteiger partial charge in [0.2, 0.25) is 11.8 Å². The smallest absolute Gasteiger partial charge is 0.228 e. The average Bonchev–Trinajstić information content (AvgIpc) is 3.50. The average molecular weight is 417 g/mol. The highest BCUT2D eigenvalue weighted by molar-refractivity contribution is 6.00. The number of carbonyl (C=O) groups excluding carboxylic acids is 2. The quantitative estimate of drug-likeness (QED) is 0.649. The van der Waals surface area contributed by atoms with Gasteiger partial charge in [0, 0.05) is 44.8 Å². The summed E-state index contributed by atoms with van der Waals surface area (Å²) in [5, 5.41) is 8.57. The highest BCUT2D eigenvalue weighted by Crippen LogP contribution is 2.27. The summed E-state index contributed by atoms with van der Waals surface area (Å²) in [6, 6.07) is 17.0. The van der Waals surface area contributed by atoms with Crippen LogP contribution in [-0.4, -0.2) is 59.6 Å². The van der Waals surface area contributed by atoms with E-state index in [1.807, 2.05) is 59.5 Å². The predicted molar refractivity (Wildman–Crippen MR) is 115 cm³/mol. The molecule has 0 spiro atoms. The van der Waals surface area contributed by atoms with E-state index >= 15 is 0 Å². The number of furan rings is 1. The minimum atomic E-state index is -0.286. The summed E-state index contributed by atoms with van der Waals surface area (Å²) in [4.78, 5) is 31.2. The van der Waals surface area contributed by atoms with Crippen LogP contribution >= 0.6 is 0 Å². The Balaban J connectivity index is 1.18. The number of aromatic nitrogens is 2. The number of nitrogens with zero attached hydrogens (tertiary/aromatic N) is 5. The van der Waals surface area contributed by atoms with E-state index in [0.29, 0.717) is 44.2 Å². The van der Waals surface area contributed by atoms with Crippen molar-refractivity contribution in [3.8, 4) is 11.5 Å². The fourth-order valence-electron chi connectivity index (χ4n) is 4.19. The van der Waals surface area contributed by atoms with Crippen LogP contribution in [0.25, 0.3) is 11.5 Å². The molecular weight excluding hydrogens is 394 g/mol. The Kier molecular flexibility index (Phi) is 5.11. The maximum atomic E-state index is 13.0. The lowest BCUT2D eigenvalue weighted by atomic mass is 10.1. The number of para-hydroxylation sites is 1. The largest absolute Gasteiger partial charge is 0.463 e. The predicted octanol–water partition coefficient (Wildman–Crippen LogP) is 2.44. The summed E-state index contributed by atoms with van der Waals surface area (Å²) in [5.41, 5.74) is 1.54. The monoisotopic (exact) mass is 417 g/mol. The molecule has 2 fully saturated rings. The molecule has 5 rings (SSSR count). The van der Waals surface area contributed by atoms with Crippen molar-refractivity contribution in [3.63, 3.8) is 0 Å². The van der Waals surface area contributed by atoms with Gasteiger partial charge >= 0.3 is 0 Å². The number of carbonyl (C=O) groups is 2. The molecular formula is C23H23N5O3. The third-order valence-corrected chi connectivity index (χ3v) is 5.88. The molecule has 8 nitrogen and oxygen atoms in total. The zero-order valence-corrected chi connectivity index (χ0v) is 17.1. The van der Waals surface area contributed by atoms with E-state index in [4.69, 9.17) is 4.42 Å². The van der Waals surface area contributed by atoms with Gasteiger partial charge in [-0.15, -0.1) is 10.2 Å². The van der Waals surface area contributed by atoms with Crippen LogP contribution in [0.1, 0.15) is 6.42 Å². The van der Waals surface area contributed by atoms with Crippen molar-refractivity contribution in [2.75, 3.05) is 42.5 Å². The SMILES string of the molecule is O=C(C1CC(=O)N(c2ccccc2)C1)N1CCN(c2ccc(-c3ccco3)nn2)CC1. The summed E-state index contributed by atoms with van der Waals surface area (Å²) >= 11 is 0. The zero-order chi connectivity index (χ0) is 21.2. The molecule has 31 heavy (non-hydrogen) atoms. The summed E-state index contributed by atoms with van der Waals surface area (Å²) in [7, 11) is 0. The third-order valence-electron chi connectivity index (χ3n) is 5.88. The summed E-state index contributed by atoms with van der Waals surface area (Å²) in [6.07, 6.45) is 1.88. The normalized spacial score (nSPS) is 19.2. The van der Waals surface area contributed by atoms with Gasteiger partial charge in [-0.1, -0.05) is 18.2 Å². The van der Waals surface area contributed by atoms with Gasteiger partial charge in [-0.2, -0.15) is 0 Å². The van der Waals surface area contributed by atoms with E-state index in [2.05, 4.69) is 15.1 Å². The van der Waals surface area contributed by atoms with Gasteiger partial charge < -0.3 is 19.1 Å². The minimum Gasteiger partial charge on any atom is -0.463 e. The number of piperazine rings is 1. The molecule has 2 amide bonds. The van der Waals surface area contributed by atoms with Gasteiger partial charge in [-0.25, -0.2) is 0 Å². The Morgan fingerprint density at radius 2 is 1.74 bits per heavy atom. The summed E-state index contributed by atoms with van der Waals surface area (Å²) in [6.45, 7) is 3.03. The molecule has 0 radical (unpaired) electrons. The van der Waals surface area contributed by atoms with Crippen LogP contribution in [0.2, 0.25) is 0 Å². The van der Waals surface area contributed by atoms with Gasteiger partial charge in [0.25, 0.3) is 0 Å². The van der Waals surface area contributed by atoms with Crippen LogP contribution in [-0.2, 0) is 9.59 Å². The van der Waals surface area contributed by atoms with Crippen molar-refractivity contribution in [2.24, 2.45) is 5.92 Å². The second kappa shape index (κ2) is 8.22. The lowest BCUT2D eigenvalue weighted by molar-refractivity contribution is -0.136. The van der Waals surface area contributed by atoms with Crippen LogP contribution in [0, 0.1) is 5.92 Å². The van der Waals surface area contributed by atoms with E-state index in [1.54, 1.807) is 11.2 Å². The maximum absolute atomic E-state index is 13.0. The standard InChI is InChI=1S/C23H23N5O3/c29-22-15-17(16-28(22)18-5-2-1-3-6-18)23(30)27-12-10-26(11-13-27)21-9-8-19(24-25-21)20-7-4-14-31-20/h1-9,14,17H,10-13,15-16H2. The molecule has 2 aliphatic rings. The molecule has 4 heterocycles. The van der Waals surface area contributed by atoms with Gasteiger partial charge in [0.05, 0.1) is 12.2 Å². The van der Waals surface area contributed by atoms with Gasteiger partial charge in [-0.05, 0) is 36.4 Å². The van der Waals surface area contributed by atoms with E-state index in [0.717, 1.165) is 11.5 Å². The second-order valence-corrected chi connectivity index (χ2v) is 7.81. The van der Waals surface area contributed by atoms with Crippen molar-refractivity contribution in [1.82, 2.24) is 15.1 Å². The number of amides is 2. The first kappa shape index (κ1) is 19.3. The fourth-order valence-corrected chi connectivity index (χ4v) is 4.19. The fraction of sp³-hybridized carbons (Fsp3) is 0.304. The first-order valence-corrected chi connectivity index (χ1v) is 10.5. The van der Waals surface area contributed by atoms with Crippen molar-refractivity contribution in [3.05, 3.63) is 60.9 Å². The van der Waals surface area contributed by atoms with Crippen molar-refractivity contribution < 1.29 is 14.0 Å². The van der Waals surface area contributed by atoms with E-state index in [-0.39, 0.29) is 24.2 Å². The number of rotatable bonds is 4. The number of hydrogen-bond acceptors (Lipinski definition) is 6. The summed E-state index contributed by atoms with van der Waals surface area (Å²) in [5.74, 6) is 1.26. The van der Waals surface area contributed by atoms with E-state index < -0.39 is 0 Å². The molecule has 1 unspecified atom stereocenters. The van der Waals surface area contributed by atoms with Crippen molar-refractivity contribution in [1.29, 1.82) is 0 Å². The molecule has 0 aliphatic carbocycles.